The molecule has 0 unspecified atom stereocenters. The Morgan fingerprint density at radius 3 is 2.38 bits per heavy atom. The van der Waals surface area contributed by atoms with Crippen molar-refractivity contribution in [3.8, 4) is 11.5 Å². The zero-order chi connectivity index (χ0) is 24.1. The smallest absolute Gasteiger partial charge is 0.256 e. The summed E-state index contributed by atoms with van der Waals surface area (Å²) in [6.45, 7) is 0.770. The van der Waals surface area contributed by atoms with Gasteiger partial charge in [-0.25, -0.2) is 0 Å². The number of rotatable bonds is 8. The highest BCUT2D eigenvalue weighted by Crippen LogP contribution is 2.25. The molecule has 4 aromatic rings. The second kappa shape index (κ2) is 11.0. The number of methoxy groups -OCH3 is 1. The third-order valence-corrected chi connectivity index (χ3v) is 6.04. The van der Waals surface area contributed by atoms with Gasteiger partial charge in [-0.1, -0.05) is 35.3 Å². The lowest BCUT2D eigenvalue weighted by atomic mass is 10.1. The zero-order valence-corrected chi connectivity index (χ0v) is 21.2. The first-order valence-electron chi connectivity index (χ1n) is 10.3. The van der Waals surface area contributed by atoms with Gasteiger partial charge in [-0.2, -0.15) is 5.10 Å². The molecule has 3 aromatic carbocycles. The number of amides is 1. The van der Waals surface area contributed by atoms with Crippen molar-refractivity contribution in [2.24, 2.45) is 0 Å². The van der Waals surface area contributed by atoms with E-state index < -0.39 is 0 Å². The molecule has 1 amide bonds. The van der Waals surface area contributed by atoms with Crippen LogP contribution in [-0.4, -0.2) is 22.8 Å². The van der Waals surface area contributed by atoms with Crippen molar-refractivity contribution >= 4 is 50.9 Å². The minimum Gasteiger partial charge on any atom is -0.496 e. The number of ether oxygens (including phenoxy) is 2. The number of aromatic nitrogens is 2. The maximum absolute atomic E-state index is 12.9. The second-order valence-corrected chi connectivity index (χ2v) is 9.10. The Morgan fingerprint density at radius 2 is 1.71 bits per heavy atom. The van der Waals surface area contributed by atoms with Gasteiger partial charge in [0.05, 0.1) is 18.1 Å². The number of anilines is 1. The normalized spacial score (nSPS) is 10.7. The molecule has 0 aliphatic carbocycles. The number of halogens is 3. The number of benzene rings is 3. The molecule has 0 fully saturated rings. The van der Waals surface area contributed by atoms with Crippen molar-refractivity contribution in [3.05, 3.63) is 104 Å². The van der Waals surface area contributed by atoms with Gasteiger partial charge >= 0.3 is 0 Å². The largest absolute Gasteiger partial charge is 0.496 e. The van der Waals surface area contributed by atoms with Crippen LogP contribution in [0, 0.1) is 0 Å². The summed E-state index contributed by atoms with van der Waals surface area (Å²) in [6, 6.07) is 19.8. The molecule has 9 heteroatoms. The number of carbonyl (C=O) groups excluding carboxylic acids is 1. The predicted molar refractivity (Wildman–Crippen MR) is 137 cm³/mol. The molecule has 174 valence electrons. The SMILES string of the molecule is COc1ccc(C(=O)Nc2nn(Cc3ccc(Cl)cc3)cc2Br)cc1COc1ccc(Cl)cc1. The van der Waals surface area contributed by atoms with Gasteiger partial charge in [0.15, 0.2) is 5.82 Å². The van der Waals surface area contributed by atoms with Crippen LogP contribution in [0.15, 0.2) is 77.4 Å². The van der Waals surface area contributed by atoms with Crippen LogP contribution in [0.5, 0.6) is 11.5 Å². The average molecular weight is 561 g/mol. The monoisotopic (exact) mass is 559 g/mol. The standard InChI is InChI=1S/C25H20BrCl2N3O3/c1-33-23-11-4-17(12-18(23)15-34-21-9-7-20(28)8-10-21)25(32)29-24-22(26)14-31(30-24)13-16-2-5-19(27)6-3-16/h2-12,14H,13,15H2,1H3,(H,29,30,32). The molecular formula is C25H20BrCl2N3O3. The van der Waals surface area contributed by atoms with Gasteiger partial charge in [-0.05, 0) is 76.1 Å². The van der Waals surface area contributed by atoms with E-state index in [0.717, 1.165) is 11.1 Å². The Balaban J connectivity index is 1.46. The molecule has 0 spiro atoms. The Hall–Kier alpha value is -3.00. The van der Waals surface area contributed by atoms with Crippen molar-refractivity contribution < 1.29 is 14.3 Å². The van der Waals surface area contributed by atoms with E-state index in [1.54, 1.807) is 54.3 Å². The quantitative estimate of drug-likeness (QED) is 0.256. The summed E-state index contributed by atoms with van der Waals surface area (Å²) in [4.78, 5) is 12.9. The minimum atomic E-state index is -0.298. The van der Waals surface area contributed by atoms with Crippen LogP contribution in [0.25, 0.3) is 0 Å². The molecule has 0 saturated heterocycles. The van der Waals surface area contributed by atoms with E-state index in [1.807, 2.05) is 30.5 Å². The first-order chi connectivity index (χ1) is 16.4. The van der Waals surface area contributed by atoms with Crippen molar-refractivity contribution in [1.29, 1.82) is 0 Å². The average Bonchev–Trinajstić information content (AvgIpc) is 3.18. The highest BCUT2D eigenvalue weighted by molar-refractivity contribution is 9.10. The first kappa shape index (κ1) is 24.1. The second-order valence-electron chi connectivity index (χ2n) is 7.37. The van der Waals surface area contributed by atoms with Gasteiger partial charge in [0.2, 0.25) is 0 Å². The van der Waals surface area contributed by atoms with Gasteiger partial charge in [-0.15, -0.1) is 0 Å². The summed E-state index contributed by atoms with van der Waals surface area (Å²) >= 11 is 15.3. The highest BCUT2D eigenvalue weighted by Gasteiger charge is 2.15. The van der Waals surface area contributed by atoms with Crippen LogP contribution in [0.3, 0.4) is 0 Å². The van der Waals surface area contributed by atoms with Gasteiger partial charge in [0.25, 0.3) is 5.91 Å². The van der Waals surface area contributed by atoms with Crippen molar-refractivity contribution in [3.63, 3.8) is 0 Å². The Kier molecular flexibility index (Phi) is 7.77. The molecule has 6 nitrogen and oxygen atoms in total. The number of nitrogens with zero attached hydrogens (tertiary/aromatic N) is 2. The third-order valence-electron chi connectivity index (χ3n) is 4.96. The fraction of sp³-hybridized carbons (Fsp3) is 0.120. The lowest BCUT2D eigenvalue weighted by Crippen LogP contribution is -2.14. The third kappa shape index (κ3) is 6.11. The Bertz CT molecular complexity index is 1290. The molecule has 34 heavy (non-hydrogen) atoms. The lowest BCUT2D eigenvalue weighted by molar-refractivity contribution is 0.102. The molecule has 1 aromatic heterocycles. The molecular weight excluding hydrogens is 541 g/mol. The molecule has 0 atom stereocenters. The van der Waals surface area contributed by atoms with Gasteiger partial charge in [0.1, 0.15) is 18.1 Å². The van der Waals surface area contributed by atoms with E-state index in [-0.39, 0.29) is 12.5 Å². The van der Waals surface area contributed by atoms with E-state index in [4.69, 9.17) is 32.7 Å². The maximum Gasteiger partial charge on any atom is 0.256 e. The molecule has 4 rings (SSSR count). The van der Waals surface area contributed by atoms with Crippen LogP contribution >= 0.6 is 39.1 Å². The van der Waals surface area contributed by atoms with Crippen LogP contribution in [-0.2, 0) is 13.2 Å². The molecule has 0 aliphatic rings. The predicted octanol–water partition coefficient (Wildman–Crippen LogP) is 6.84. The summed E-state index contributed by atoms with van der Waals surface area (Å²) in [6.07, 6.45) is 1.81. The first-order valence-corrected chi connectivity index (χ1v) is 11.8. The van der Waals surface area contributed by atoms with E-state index in [0.29, 0.717) is 43.9 Å². The summed E-state index contributed by atoms with van der Waals surface area (Å²) in [7, 11) is 1.57. The Labute approximate surface area is 215 Å². The number of hydrogen-bond donors (Lipinski definition) is 1. The van der Waals surface area contributed by atoms with E-state index in [2.05, 4.69) is 26.3 Å². The number of nitrogens with one attached hydrogen (secondary N) is 1. The lowest BCUT2D eigenvalue weighted by Gasteiger charge is -2.12. The fourth-order valence-corrected chi connectivity index (χ4v) is 3.91. The van der Waals surface area contributed by atoms with E-state index >= 15 is 0 Å². The molecule has 0 saturated carbocycles. The maximum atomic E-state index is 12.9. The van der Waals surface area contributed by atoms with Gasteiger partial charge in [-0.3, -0.25) is 9.48 Å². The molecule has 1 heterocycles. The highest BCUT2D eigenvalue weighted by atomic mass is 79.9. The van der Waals surface area contributed by atoms with E-state index in [9.17, 15) is 4.79 Å². The topological polar surface area (TPSA) is 65.4 Å². The van der Waals surface area contributed by atoms with Crippen LogP contribution in [0.4, 0.5) is 5.82 Å². The van der Waals surface area contributed by atoms with Gasteiger partial charge < -0.3 is 14.8 Å². The summed E-state index contributed by atoms with van der Waals surface area (Å²) in [5.41, 5.74) is 2.23. The summed E-state index contributed by atoms with van der Waals surface area (Å²) in [5.74, 6) is 1.41. The molecule has 1 N–H and O–H groups in total. The summed E-state index contributed by atoms with van der Waals surface area (Å²) in [5, 5.41) is 8.63. The van der Waals surface area contributed by atoms with Crippen molar-refractivity contribution in [1.82, 2.24) is 9.78 Å². The molecule has 0 bridgehead atoms. The zero-order valence-electron chi connectivity index (χ0n) is 18.1. The number of carbonyl (C=O) groups is 1. The summed E-state index contributed by atoms with van der Waals surface area (Å²) < 4.78 is 13.7. The van der Waals surface area contributed by atoms with Crippen LogP contribution < -0.4 is 14.8 Å². The van der Waals surface area contributed by atoms with Crippen LogP contribution in [0.1, 0.15) is 21.5 Å². The van der Waals surface area contributed by atoms with Gasteiger partial charge in [0, 0.05) is 27.4 Å². The van der Waals surface area contributed by atoms with Crippen LogP contribution in [0.2, 0.25) is 10.0 Å². The number of hydrogen-bond acceptors (Lipinski definition) is 4. The molecule has 0 radical (unpaired) electrons. The fourth-order valence-electron chi connectivity index (χ4n) is 3.24. The van der Waals surface area contributed by atoms with Crippen molar-refractivity contribution in [2.75, 3.05) is 12.4 Å². The Morgan fingerprint density at radius 1 is 1.03 bits per heavy atom. The minimum absolute atomic E-state index is 0.228. The van der Waals surface area contributed by atoms with E-state index in [1.165, 1.54) is 0 Å². The van der Waals surface area contributed by atoms with Crippen molar-refractivity contribution in [2.45, 2.75) is 13.2 Å². The molecule has 0 aliphatic heterocycles.